The van der Waals surface area contributed by atoms with Gasteiger partial charge in [0, 0.05) is 19.6 Å². The molecular formula is C14H21FIN3O2S. The number of aryl methyl sites for hydroxylation is 1. The van der Waals surface area contributed by atoms with Gasteiger partial charge in [-0.2, -0.15) is 0 Å². The molecule has 0 spiro atoms. The molecule has 1 heterocycles. The number of guanidine groups is 1. The van der Waals surface area contributed by atoms with E-state index in [1.807, 2.05) is 0 Å². The van der Waals surface area contributed by atoms with Crippen molar-refractivity contribution in [2.45, 2.75) is 25.9 Å². The standard InChI is InChI=1S/C14H20FN3O2S.HI/c1-10-7-11(3-4-13(10)15)8-17-14(16-2)18-12-5-6-21(19,20)9-12;/h3-4,7,12H,5-6,8-9H2,1-2H3,(H2,16,17,18);1H. The Kier molecular flexibility index (Phi) is 7.04. The minimum atomic E-state index is -2.91. The summed E-state index contributed by atoms with van der Waals surface area (Å²) in [7, 11) is -1.28. The van der Waals surface area contributed by atoms with Crippen LogP contribution in [0.15, 0.2) is 23.2 Å². The number of aliphatic imine (C=N–C) groups is 1. The van der Waals surface area contributed by atoms with Crippen molar-refractivity contribution in [1.82, 2.24) is 10.6 Å². The first-order chi connectivity index (χ1) is 9.89. The highest BCUT2D eigenvalue weighted by atomic mass is 127. The van der Waals surface area contributed by atoms with Crippen LogP contribution in [0.2, 0.25) is 0 Å². The van der Waals surface area contributed by atoms with Crippen LogP contribution in [0.4, 0.5) is 4.39 Å². The highest BCUT2D eigenvalue weighted by Gasteiger charge is 2.28. The fourth-order valence-corrected chi connectivity index (χ4v) is 3.97. The Bertz CT molecular complexity index is 649. The van der Waals surface area contributed by atoms with Crippen molar-refractivity contribution < 1.29 is 12.8 Å². The van der Waals surface area contributed by atoms with Gasteiger partial charge in [0.15, 0.2) is 15.8 Å². The summed E-state index contributed by atoms with van der Waals surface area (Å²) in [4.78, 5) is 4.08. The summed E-state index contributed by atoms with van der Waals surface area (Å²) in [6.07, 6.45) is 0.596. The molecule has 5 nitrogen and oxygen atoms in total. The Labute approximate surface area is 147 Å². The van der Waals surface area contributed by atoms with Gasteiger partial charge in [-0.05, 0) is 30.5 Å². The second kappa shape index (κ2) is 8.09. The van der Waals surface area contributed by atoms with Crippen molar-refractivity contribution in [2.75, 3.05) is 18.6 Å². The van der Waals surface area contributed by atoms with Crippen LogP contribution < -0.4 is 10.6 Å². The molecule has 1 atom stereocenters. The Morgan fingerprint density at radius 2 is 2.18 bits per heavy atom. The zero-order chi connectivity index (χ0) is 15.5. The zero-order valence-electron chi connectivity index (χ0n) is 12.6. The predicted molar refractivity (Wildman–Crippen MR) is 96.9 cm³/mol. The van der Waals surface area contributed by atoms with E-state index in [4.69, 9.17) is 0 Å². The SMILES string of the molecule is CN=C(NCc1ccc(F)c(C)c1)NC1CCS(=O)(=O)C1.I. The fourth-order valence-electron chi connectivity index (χ4n) is 2.30. The second-order valence-electron chi connectivity index (χ2n) is 5.25. The molecule has 0 aromatic heterocycles. The minimum absolute atomic E-state index is 0. The summed E-state index contributed by atoms with van der Waals surface area (Å²) >= 11 is 0. The topological polar surface area (TPSA) is 70.6 Å². The third-order valence-electron chi connectivity index (χ3n) is 3.48. The van der Waals surface area contributed by atoms with Crippen molar-refractivity contribution in [1.29, 1.82) is 0 Å². The molecule has 22 heavy (non-hydrogen) atoms. The molecule has 0 amide bonds. The molecule has 0 radical (unpaired) electrons. The average molecular weight is 441 g/mol. The lowest BCUT2D eigenvalue weighted by molar-refractivity contribution is 0.599. The number of nitrogens with one attached hydrogen (secondary N) is 2. The second-order valence-corrected chi connectivity index (χ2v) is 7.48. The van der Waals surface area contributed by atoms with Crippen LogP contribution in [0.25, 0.3) is 0 Å². The summed E-state index contributed by atoms with van der Waals surface area (Å²) < 4.78 is 36.0. The summed E-state index contributed by atoms with van der Waals surface area (Å²) in [5, 5.41) is 6.21. The van der Waals surface area contributed by atoms with Gasteiger partial charge in [0.1, 0.15) is 5.82 Å². The first-order valence-corrected chi connectivity index (χ1v) is 8.64. The third-order valence-corrected chi connectivity index (χ3v) is 5.25. The van der Waals surface area contributed by atoms with Crippen molar-refractivity contribution in [3.05, 3.63) is 35.1 Å². The average Bonchev–Trinajstić information content (AvgIpc) is 2.77. The molecule has 1 aliphatic heterocycles. The molecule has 2 rings (SSSR count). The van der Waals surface area contributed by atoms with Crippen molar-refractivity contribution in [2.24, 2.45) is 4.99 Å². The van der Waals surface area contributed by atoms with E-state index in [2.05, 4.69) is 15.6 Å². The van der Waals surface area contributed by atoms with Crippen LogP contribution in [-0.4, -0.2) is 39.0 Å². The van der Waals surface area contributed by atoms with Gasteiger partial charge < -0.3 is 10.6 Å². The van der Waals surface area contributed by atoms with Crippen LogP contribution in [0.5, 0.6) is 0 Å². The maximum absolute atomic E-state index is 13.2. The van der Waals surface area contributed by atoms with E-state index < -0.39 is 9.84 Å². The molecule has 0 saturated carbocycles. The molecule has 1 aliphatic rings. The summed E-state index contributed by atoms with van der Waals surface area (Å²) in [5.41, 5.74) is 1.54. The molecule has 2 N–H and O–H groups in total. The highest BCUT2D eigenvalue weighted by Crippen LogP contribution is 2.11. The van der Waals surface area contributed by atoms with Crippen molar-refractivity contribution in [3.63, 3.8) is 0 Å². The Balaban J connectivity index is 0.00000242. The van der Waals surface area contributed by atoms with Crippen molar-refractivity contribution in [3.8, 4) is 0 Å². The number of hydrogen-bond donors (Lipinski definition) is 2. The number of halogens is 2. The van der Waals surface area contributed by atoms with E-state index in [1.54, 1.807) is 26.1 Å². The molecule has 1 aromatic rings. The molecule has 1 unspecified atom stereocenters. The number of rotatable bonds is 3. The summed E-state index contributed by atoms with van der Waals surface area (Å²) in [6, 6.07) is 4.82. The quantitative estimate of drug-likeness (QED) is 0.425. The molecule has 1 aromatic carbocycles. The van der Waals surface area contributed by atoms with Gasteiger partial charge >= 0.3 is 0 Å². The van der Waals surface area contributed by atoms with E-state index in [9.17, 15) is 12.8 Å². The molecule has 1 saturated heterocycles. The summed E-state index contributed by atoms with van der Waals surface area (Å²) in [5.74, 6) is 0.693. The lowest BCUT2D eigenvalue weighted by atomic mass is 10.1. The van der Waals surface area contributed by atoms with Gasteiger partial charge in [0.2, 0.25) is 0 Å². The lowest BCUT2D eigenvalue weighted by Gasteiger charge is -2.16. The van der Waals surface area contributed by atoms with Crippen LogP contribution in [0.1, 0.15) is 17.5 Å². The van der Waals surface area contributed by atoms with Gasteiger partial charge in [-0.3, -0.25) is 4.99 Å². The van der Waals surface area contributed by atoms with Crippen LogP contribution in [0, 0.1) is 12.7 Å². The Hall–Kier alpha value is -0.900. The molecule has 0 aliphatic carbocycles. The zero-order valence-corrected chi connectivity index (χ0v) is 15.7. The van der Waals surface area contributed by atoms with Gasteiger partial charge in [-0.25, -0.2) is 12.8 Å². The van der Waals surface area contributed by atoms with Crippen LogP contribution >= 0.6 is 24.0 Å². The van der Waals surface area contributed by atoms with Crippen LogP contribution in [0.3, 0.4) is 0 Å². The number of nitrogens with zero attached hydrogens (tertiary/aromatic N) is 1. The Morgan fingerprint density at radius 1 is 1.45 bits per heavy atom. The van der Waals surface area contributed by atoms with Gasteiger partial charge in [0.25, 0.3) is 0 Å². The van der Waals surface area contributed by atoms with Crippen molar-refractivity contribution >= 4 is 39.8 Å². The van der Waals surface area contributed by atoms with E-state index in [1.165, 1.54) is 6.07 Å². The van der Waals surface area contributed by atoms with E-state index in [0.717, 1.165) is 5.56 Å². The molecule has 124 valence electrons. The monoisotopic (exact) mass is 441 g/mol. The van der Waals surface area contributed by atoms with E-state index in [0.29, 0.717) is 24.5 Å². The molecule has 0 bridgehead atoms. The van der Waals surface area contributed by atoms with E-state index in [-0.39, 0.29) is 47.3 Å². The normalized spacial score (nSPS) is 20.3. The third kappa shape index (κ3) is 5.38. The Morgan fingerprint density at radius 3 is 2.73 bits per heavy atom. The molecular weight excluding hydrogens is 420 g/mol. The van der Waals surface area contributed by atoms with Gasteiger partial charge in [-0.15, -0.1) is 24.0 Å². The van der Waals surface area contributed by atoms with Gasteiger partial charge in [0.05, 0.1) is 11.5 Å². The van der Waals surface area contributed by atoms with Gasteiger partial charge in [-0.1, -0.05) is 12.1 Å². The number of benzene rings is 1. The molecule has 8 heteroatoms. The lowest BCUT2D eigenvalue weighted by Crippen LogP contribution is -2.43. The fraction of sp³-hybridized carbons (Fsp3) is 0.500. The first kappa shape index (κ1) is 19.1. The molecule has 1 fully saturated rings. The largest absolute Gasteiger partial charge is 0.353 e. The summed E-state index contributed by atoms with van der Waals surface area (Å²) in [6.45, 7) is 2.22. The van der Waals surface area contributed by atoms with Crippen LogP contribution in [-0.2, 0) is 16.4 Å². The smallest absolute Gasteiger partial charge is 0.191 e. The minimum Gasteiger partial charge on any atom is -0.353 e. The first-order valence-electron chi connectivity index (χ1n) is 6.82. The highest BCUT2D eigenvalue weighted by molar-refractivity contribution is 14.0. The number of hydrogen-bond acceptors (Lipinski definition) is 3. The van der Waals surface area contributed by atoms with E-state index >= 15 is 0 Å². The number of sulfone groups is 1. The maximum Gasteiger partial charge on any atom is 0.191 e. The predicted octanol–water partition coefficient (Wildman–Crippen LogP) is 1.60. The maximum atomic E-state index is 13.2.